The first-order valence-corrected chi connectivity index (χ1v) is 22.3. The molecule has 0 saturated heterocycles. The molecule has 0 aliphatic heterocycles. The number of aliphatic imine (C=N–C) groups is 2. The van der Waals surface area contributed by atoms with E-state index < -0.39 is 44.9 Å². The SMILES string of the molecule is CSc1sc(N=CNC(=O)OC(C)(C)C)cc1S(=O)(=O)c1c(N(C(=O)OC(C)(C)C)C(=NCCc2ccccc2)NC(=O)OC(C)(C)C)ccc(-c2ccccc2)c1C. The van der Waals surface area contributed by atoms with E-state index in [1.54, 1.807) is 81.6 Å². The van der Waals surface area contributed by atoms with E-state index in [1.165, 1.54) is 23.9 Å². The number of carbonyl (C=O) groups is 3. The van der Waals surface area contributed by atoms with Crippen molar-refractivity contribution in [1.29, 1.82) is 0 Å². The molecule has 0 unspecified atom stereocenters. The normalized spacial score (nSPS) is 12.6. The third-order valence-corrected chi connectivity index (χ3v) is 12.2. The Morgan fingerprint density at radius 1 is 0.814 bits per heavy atom. The number of anilines is 1. The summed E-state index contributed by atoms with van der Waals surface area (Å²) in [5.74, 6) is -0.304. The number of thioether (sulfide) groups is 1. The Hall–Kier alpha value is -5.19. The zero-order valence-electron chi connectivity index (χ0n) is 35.3. The van der Waals surface area contributed by atoms with Gasteiger partial charge in [-0.05, 0) is 116 Å². The van der Waals surface area contributed by atoms with Crippen LogP contribution < -0.4 is 15.5 Å². The molecule has 2 N–H and O–H groups in total. The lowest BCUT2D eigenvalue weighted by molar-refractivity contribution is 0.0547. The number of nitrogens with zero attached hydrogens (tertiary/aromatic N) is 3. The summed E-state index contributed by atoms with van der Waals surface area (Å²) in [6, 6.07) is 23.4. The van der Waals surface area contributed by atoms with Crippen LogP contribution in [0.25, 0.3) is 11.1 Å². The summed E-state index contributed by atoms with van der Waals surface area (Å²) in [5.41, 5.74) is -0.249. The molecule has 3 amide bonds. The Bertz CT molecular complexity index is 2290. The number of alkyl carbamates (subject to hydrolysis) is 2. The Balaban J connectivity index is 2.00. The summed E-state index contributed by atoms with van der Waals surface area (Å²) in [5, 5.41) is 5.36. The number of amides is 3. The van der Waals surface area contributed by atoms with Crippen molar-refractivity contribution in [3.63, 3.8) is 0 Å². The fourth-order valence-electron chi connectivity index (χ4n) is 5.53. The van der Waals surface area contributed by atoms with Crippen LogP contribution in [0.5, 0.6) is 0 Å². The van der Waals surface area contributed by atoms with Crippen LogP contribution in [0.4, 0.5) is 25.1 Å². The van der Waals surface area contributed by atoms with Crippen LogP contribution in [0.1, 0.15) is 73.4 Å². The van der Waals surface area contributed by atoms with Gasteiger partial charge in [-0.3, -0.25) is 15.6 Å². The molecule has 0 aliphatic rings. The number of sulfone groups is 1. The largest absolute Gasteiger partial charge is 0.444 e. The van der Waals surface area contributed by atoms with E-state index in [0.29, 0.717) is 21.8 Å². The molecule has 16 heteroatoms. The summed E-state index contributed by atoms with van der Waals surface area (Å²) >= 11 is 2.30. The maximum atomic E-state index is 15.4. The number of nitrogens with one attached hydrogen (secondary N) is 2. The van der Waals surface area contributed by atoms with Crippen molar-refractivity contribution in [2.24, 2.45) is 9.98 Å². The minimum absolute atomic E-state index is 0.0826. The lowest BCUT2D eigenvalue weighted by atomic mass is 9.99. The maximum Gasteiger partial charge on any atom is 0.421 e. The monoisotopic (exact) mass is 863 g/mol. The first-order chi connectivity index (χ1) is 27.5. The summed E-state index contributed by atoms with van der Waals surface area (Å²) in [7, 11) is -4.54. The Morgan fingerprint density at radius 2 is 1.39 bits per heavy atom. The molecule has 316 valence electrons. The van der Waals surface area contributed by atoms with Gasteiger partial charge in [-0.2, -0.15) is 0 Å². The quantitative estimate of drug-likeness (QED) is 0.0683. The van der Waals surface area contributed by atoms with Gasteiger partial charge in [-0.25, -0.2) is 32.7 Å². The van der Waals surface area contributed by atoms with Gasteiger partial charge in [-0.15, -0.1) is 23.1 Å². The van der Waals surface area contributed by atoms with Gasteiger partial charge < -0.3 is 14.2 Å². The second-order valence-corrected chi connectivity index (χ2v) is 20.1. The van der Waals surface area contributed by atoms with Crippen LogP contribution >= 0.6 is 23.1 Å². The highest BCUT2D eigenvalue weighted by molar-refractivity contribution is 8.01. The van der Waals surface area contributed by atoms with Gasteiger partial charge in [0.2, 0.25) is 15.8 Å². The highest BCUT2D eigenvalue weighted by atomic mass is 32.2. The van der Waals surface area contributed by atoms with E-state index in [4.69, 9.17) is 19.2 Å². The van der Waals surface area contributed by atoms with Gasteiger partial charge in [-0.1, -0.05) is 66.7 Å². The van der Waals surface area contributed by atoms with Crippen molar-refractivity contribution < 1.29 is 37.0 Å². The van der Waals surface area contributed by atoms with Crippen LogP contribution in [-0.4, -0.2) is 68.6 Å². The highest BCUT2D eigenvalue weighted by Gasteiger charge is 2.37. The lowest BCUT2D eigenvalue weighted by Gasteiger charge is -2.31. The standard InChI is InChI=1S/C43H53N5O8S3/c1-28-31(30-20-16-13-17-21-30)22-23-32(35(28)59(52,53)33-26-34(58-36(33)57-11)45-27-46-38(49)54-41(2,3)4)48(40(51)56-43(8,9)10)37(47-39(50)55-42(5,6)7)44-25-24-29-18-14-12-15-19-29/h12-23,26-27H,24-25H2,1-11H3,(H,44,47,50)(H,45,46,49). The molecule has 1 heterocycles. The highest BCUT2D eigenvalue weighted by Crippen LogP contribution is 2.45. The molecule has 59 heavy (non-hydrogen) atoms. The minimum atomic E-state index is -4.54. The number of ether oxygens (including phenoxy) is 3. The van der Waals surface area contributed by atoms with E-state index in [9.17, 15) is 14.4 Å². The molecule has 0 saturated carbocycles. The first kappa shape index (κ1) is 46.5. The van der Waals surface area contributed by atoms with Gasteiger partial charge in [0.1, 0.15) is 21.8 Å². The van der Waals surface area contributed by atoms with Crippen LogP contribution in [0.15, 0.2) is 103 Å². The molecule has 0 bridgehead atoms. The van der Waals surface area contributed by atoms with Gasteiger partial charge in [0, 0.05) is 6.54 Å². The molecular formula is C43H53N5O8S3. The van der Waals surface area contributed by atoms with Crippen molar-refractivity contribution in [3.05, 3.63) is 90.0 Å². The van der Waals surface area contributed by atoms with Crippen molar-refractivity contribution in [2.45, 2.75) is 106 Å². The van der Waals surface area contributed by atoms with Gasteiger partial charge in [0.25, 0.3) is 0 Å². The van der Waals surface area contributed by atoms with Crippen molar-refractivity contribution in [2.75, 3.05) is 17.7 Å². The number of hydrogen-bond donors (Lipinski definition) is 2. The van der Waals surface area contributed by atoms with Gasteiger partial charge in [0.15, 0.2) is 0 Å². The molecule has 4 rings (SSSR count). The van der Waals surface area contributed by atoms with Crippen molar-refractivity contribution in [3.8, 4) is 11.1 Å². The molecule has 4 aromatic rings. The van der Waals surface area contributed by atoms with E-state index in [1.807, 2.05) is 60.7 Å². The first-order valence-electron chi connectivity index (χ1n) is 18.7. The Labute approximate surface area is 355 Å². The Kier molecular flexibility index (Phi) is 15.2. The third kappa shape index (κ3) is 13.4. The van der Waals surface area contributed by atoms with Crippen LogP contribution in [0.2, 0.25) is 0 Å². The maximum absolute atomic E-state index is 15.4. The Morgan fingerprint density at radius 3 is 1.97 bits per heavy atom. The van der Waals surface area contributed by atoms with Gasteiger partial charge >= 0.3 is 18.3 Å². The van der Waals surface area contributed by atoms with Crippen LogP contribution in [0, 0.1) is 6.92 Å². The molecule has 3 aromatic carbocycles. The van der Waals surface area contributed by atoms with Crippen molar-refractivity contribution >= 4 is 74.2 Å². The molecule has 0 spiro atoms. The fourth-order valence-corrected chi connectivity index (χ4v) is 9.77. The zero-order valence-corrected chi connectivity index (χ0v) is 37.8. The summed E-state index contributed by atoms with van der Waals surface area (Å²) < 4.78 is 47.9. The van der Waals surface area contributed by atoms with E-state index in [0.717, 1.165) is 33.7 Å². The predicted molar refractivity (Wildman–Crippen MR) is 236 cm³/mol. The molecule has 0 atom stereocenters. The molecular weight excluding hydrogens is 811 g/mol. The van der Waals surface area contributed by atoms with Gasteiger partial charge in [0.05, 0.1) is 26.0 Å². The van der Waals surface area contributed by atoms with E-state index in [2.05, 4.69) is 15.6 Å². The zero-order chi connectivity index (χ0) is 43.8. The lowest BCUT2D eigenvalue weighted by Crippen LogP contribution is -2.51. The van der Waals surface area contributed by atoms with Crippen LogP contribution in [0.3, 0.4) is 0 Å². The molecule has 0 radical (unpaired) electrons. The smallest absolute Gasteiger partial charge is 0.421 e. The second-order valence-electron chi connectivity index (χ2n) is 16.2. The number of rotatable bonds is 10. The number of benzene rings is 3. The number of carbonyl (C=O) groups excluding carboxylic acids is 3. The molecule has 1 aromatic heterocycles. The van der Waals surface area contributed by atoms with E-state index in [-0.39, 0.29) is 33.0 Å². The average Bonchev–Trinajstić information content (AvgIpc) is 3.54. The second kappa shape index (κ2) is 19.3. The number of guanidine groups is 1. The van der Waals surface area contributed by atoms with E-state index >= 15 is 8.42 Å². The topological polar surface area (TPSA) is 165 Å². The molecule has 0 aliphatic carbocycles. The fraction of sp³-hybridized carbons (Fsp3) is 0.372. The van der Waals surface area contributed by atoms with Crippen LogP contribution in [-0.2, 0) is 30.5 Å². The molecule has 13 nitrogen and oxygen atoms in total. The minimum Gasteiger partial charge on any atom is -0.444 e. The summed E-state index contributed by atoms with van der Waals surface area (Å²) in [6.45, 7) is 17.0. The number of thiophene rings is 1. The summed E-state index contributed by atoms with van der Waals surface area (Å²) in [4.78, 5) is 50.0. The number of hydrogen-bond acceptors (Lipinski definition) is 12. The predicted octanol–water partition coefficient (Wildman–Crippen LogP) is 10.3. The average molecular weight is 864 g/mol. The summed E-state index contributed by atoms with van der Waals surface area (Å²) in [6.07, 6.45) is 0.661. The molecule has 0 fully saturated rings. The third-order valence-electron chi connectivity index (χ3n) is 7.79. The van der Waals surface area contributed by atoms with Crippen molar-refractivity contribution in [1.82, 2.24) is 10.6 Å².